The molecule has 126 valence electrons. The summed E-state index contributed by atoms with van der Waals surface area (Å²) in [6.07, 6.45) is 1.17. The van der Waals surface area contributed by atoms with Gasteiger partial charge in [0.2, 0.25) is 0 Å². The Morgan fingerprint density at radius 2 is 1.92 bits per heavy atom. The highest BCUT2D eigenvalue weighted by molar-refractivity contribution is 5.44. The van der Waals surface area contributed by atoms with Crippen molar-refractivity contribution in [2.24, 2.45) is 0 Å². The quantitative estimate of drug-likeness (QED) is 0.861. The zero-order valence-electron chi connectivity index (χ0n) is 14.0. The van der Waals surface area contributed by atoms with Crippen molar-refractivity contribution in [3.8, 4) is 17.2 Å². The monoisotopic (exact) mass is 325 g/mol. The molecule has 2 aliphatic rings. The fourth-order valence-corrected chi connectivity index (χ4v) is 3.68. The average Bonchev–Trinajstić information content (AvgIpc) is 3.10. The summed E-state index contributed by atoms with van der Waals surface area (Å²) in [6.45, 7) is 4.39. The average molecular weight is 325 g/mol. The normalized spacial score (nSPS) is 20.1. The first-order chi connectivity index (χ1) is 11.8. The van der Waals surface area contributed by atoms with Gasteiger partial charge >= 0.3 is 0 Å². The van der Waals surface area contributed by atoms with Gasteiger partial charge in [0, 0.05) is 19.0 Å². The molecular formula is C20H23NO3. The Labute approximate surface area is 142 Å². The van der Waals surface area contributed by atoms with Crippen LogP contribution in [0.15, 0.2) is 42.5 Å². The van der Waals surface area contributed by atoms with Gasteiger partial charge in [-0.25, -0.2) is 0 Å². The first kappa shape index (κ1) is 15.3. The second-order valence-corrected chi connectivity index (χ2v) is 6.44. The number of hydrogen-bond donors (Lipinski definition) is 0. The van der Waals surface area contributed by atoms with Gasteiger partial charge in [-0.1, -0.05) is 24.3 Å². The van der Waals surface area contributed by atoms with Crippen LogP contribution in [0.5, 0.6) is 17.2 Å². The van der Waals surface area contributed by atoms with Crippen LogP contribution in [0.1, 0.15) is 23.5 Å². The summed E-state index contributed by atoms with van der Waals surface area (Å²) in [4.78, 5) is 2.50. The molecular weight excluding hydrogens is 302 g/mol. The van der Waals surface area contributed by atoms with Crippen LogP contribution >= 0.6 is 0 Å². The molecule has 4 nitrogen and oxygen atoms in total. The number of fused-ring (bicyclic) bond motifs is 1. The van der Waals surface area contributed by atoms with E-state index in [0.717, 1.165) is 36.9 Å². The zero-order valence-corrected chi connectivity index (χ0v) is 14.0. The second kappa shape index (κ2) is 6.73. The van der Waals surface area contributed by atoms with Gasteiger partial charge in [0.15, 0.2) is 11.5 Å². The van der Waals surface area contributed by atoms with Crippen LogP contribution in [-0.2, 0) is 6.54 Å². The number of nitrogens with zero attached hydrogens (tertiary/aromatic N) is 1. The van der Waals surface area contributed by atoms with Crippen LogP contribution in [0.3, 0.4) is 0 Å². The zero-order chi connectivity index (χ0) is 16.4. The molecule has 1 fully saturated rings. The second-order valence-electron chi connectivity index (χ2n) is 6.44. The maximum absolute atomic E-state index is 5.69. The van der Waals surface area contributed by atoms with Crippen molar-refractivity contribution >= 4 is 0 Å². The number of rotatable bonds is 4. The van der Waals surface area contributed by atoms with Gasteiger partial charge in [-0.2, -0.15) is 0 Å². The minimum absolute atomic E-state index is 0.540. The van der Waals surface area contributed by atoms with Crippen LogP contribution in [0, 0.1) is 0 Å². The number of para-hydroxylation sites is 1. The molecule has 1 unspecified atom stereocenters. The topological polar surface area (TPSA) is 30.9 Å². The van der Waals surface area contributed by atoms with Crippen LogP contribution in [-0.4, -0.2) is 38.3 Å². The fourth-order valence-electron chi connectivity index (χ4n) is 3.68. The number of hydrogen-bond acceptors (Lipinski definition) is 4. The van der Waals surface area contributed by atoms with Crippen LogP contribution in [0.2, 0.25) is 0 Å². The van der Waals surface area contributed by atoms with Gasteiger partial charge in [-0.05, 0) is 42.3 Å². The predicted octanol–water partition coefficient (Wildman–Crippen LogP) is 3.46. The first-order valence-electron chi connectivity index (χ1n) is 8.57. The summed E-state index contributed by atoms with van der Waals surface area (Å²) in [7, 11) is 1.75. The molecule has 2 aromatic carbocycles. The van der Waals surface area contributed by atoms with Gasteiger partial charge < -0.3 is 14.2 Å². The smallest absolute Gasteiger partial charge is 0.161 e. The molecule has 2 aromatic rings. The molecule has 0 spiro atoms. The Morgan fingerprint density at radius 3 is 2.79 bits per heavy atom. The minimum Gasteiger partial charge on any atom is -0.496 e. The van der Waals surface area contributed by atoms with Gasteiger partial charge in [0.05, 0.1) is 7.11 Å². The minimum atomic E-state index is 0.540. The summed E-state index contributed by atoms with van der Waals surface area (Å²) in [5.41, 5.74) is 2.60. The number of ether oxygens (including phenoxy) is 3. The van der Waals surface area contributed by atoms with Gasteiger partial charge in [0.25, 0.3) is 0 Å². The molecule has 0 bridgehead atoms. The Bertz CT molecular complexity index is 716. The van der Waals surface area contributed by atoms with Crippen molar-refractivity contribution in [2.45, 2.75) is 18.9 Å². The molecule has 0 aliphatic carbocycles. The summed E-state index contributed by atoms with van der Waals surface area (Å²) in [6, 6.07) is 14.7. The molecule has 0 amide bonds. The van der Waals surface area contributed by atoms with Crippen LogP contribution in [0.25, 0.3) is 0 Å². The van der Waals surface area contributed by atoms with E-state index in [1.165, 1.54) is 17.5 Å². The van der Waals surface area contributed by atoms with E-state index in [9.17, 15) is 0 Å². The van der Waals surface area contributed by atoms with Crippen LogP contribution < -0.4 is 14.2 Å². The number of methoxy groups -OCH3 is 1. The van der Waals surface area contributed by atoms with Crippen molar-refractivity contribution in [3.05, 3.63) is 53.6 Å². The van der Waals surface area contributed by atoms with Crippen molar-refractivity contribution in [1.82, 2.24) is 4.90 Å². The highest BCUT2D eigenvalue weighted by Crippen LogP contribution is 2.35. The summed E-state index contributed by atoms with van der Waals surface area (Å²) in [5.74, 6) is 3.28. The SMILES string of the molecule is COc1ccccc1C1CCN(Cc2ccc3c(c2)OCCO3)C1. The lowest BCUT2D eigenvalue weighted by atomic mass is 9.97. The molecule has 0 radical (unpaired) electrons. The third-order valence-corrected chi connectivity index (χ3v) is 4.86. The number of benzene rings is 2. The molecule has 4 rings (SSSR count). The van der Waals surface area contributed by atoms with E-state index in [4.69, 9.17) is 14.2 Å². The maximum atomic E-state index is 5.69. The van der Waals surface area contributed by atoms with E-state index in [0.29, 0.717) is 19.1 Å². The van der Waals surface area contributed by atoms with E-state index in [2.05, 4.69) is 35.2 Å². The molecule has 0 N–H and O–H groups in total. The molecule has 2 aliphatic heterocycles. The molecule has 4 heteroatoms. The van der Waals surface area contributed by atoms with Crippen molar-refractivity contribution in [3.63, 3.8) is 0 Å². The molecule has 0 aromatic heterocycles. The largest absolute Gasteiger partial charge is 0.496 e. The van der Waals surface area contributed by atoms with Crippen molar-refractivity contribution in [1.29, 1.82) is 0 Å². The summed E-state index contributed by atoms with van der Waals surface area (Å²) in [5, 5.41) is 0. The lowest BCUT2D eigenvalue weighted by Crippen LogP contribution is -2.20. The van der Waals surface area contributed by atoms with Crippen molar-refractivity contribution in [2.75, 3.05) is 33.4 Å². The fraction of sp³-hybridized carbons (Fsp3) is 0.400. The first-order valence-corrected chi connectivity index (χ1v) is 8.57. The third-order valence-electron chi connectivity index (χ3n) is 4.86. The Hall–Kier alpha value is -2.20. The third kappa shape index (κ3) is 3.06. The number of likely N-dealkylation sites (tertiary alicyclic amines) is 1. The lowest BCUT2D eigenvalue weighted by molar-refractivity contribution is 0.171. The van der Waals surface area contributed by atoms with E-state index < -0.39 is 0 Å². The Morgan fingerprint density at radius 1 is 1.08 bits per heavy atom. The van der Waals surface area contributed by atoms with E-state index in [-0.39, 0.29) is 0 Å². The summed E-state index contributed by atoms with van der Waals surface area (Å²) < 4.78 is 16.8. The molecule has 1 saturated heterocycles. The Balaban J connectivity index is 1.44. The van der Waals surface area contributed by atoms with E-state index in [1.54, 1.807) is 7.11 Å². The summed E-state index contributed by atoms with van der Waals surface area (Å²) >= 11 is 0. The van der Waals surface area contributed by atoms with Crippen LogP contribution in [0.4, 0.5) is 0 Å². The van der Waals surface area contributed by atoms with Crippen molar-refractivity contribution < 1.29 is 14.2 Å². The lowest BCUT2D eigenvalue weighted by Gasteiger charge is -2.21. The Kier molecular flexibility index (Phi) is 4.30. The van der Waals surface area contributed by atoms with E-state index in [1.807, 2.05) is 12.1 Å². The van der Waals surface area contributed by atoms with E-state index >= 15 is 0 Å². The predicted molar refractivity (Wildman–Crippen MR) is 93.1 cm³/mol. The highest BCUT2D eigenvalue weighted by Gasteiger charge is 2.26. The molecule has 1 atom stereocenters. The van der Waals surface area contributed by atoms with Gasteiger partial charge in [-0.15, -0.1) is 0 Å². The maximum Gasteiger partial charge on any atom is 0.161 e. The van der Waals surface area contributed by atoms with Gasteiger partial charge in [0.1, 0.15) is 19.0 Å². The molecule has 2 heterocycles. The molecule has 24 heavy (non-hydrogen) atoms. The van der Waals surface area contributed by atoms with Gasteiger partial charge in [-0.3, -0.25) is 4.90 Å². The molecule has 0 saturated carbocycles. The standard InChI is InChI=1S/C20H23NO3/c1-22-18-5-3-2-4-17(18)16-8-9-21(14-16)13-15-6-7-19-20(12-15)24-11-10-23-19/h2-7,12,16H,8-11,13-14H2,1H3. The highest BCUT2D eigenvalue weighted by atomic mass is 16.6.